The van der Waals surface area contributed by atoms with Gasteiger partial charge < -0.3 is 64.5 Å². The number of carbonyl (C=O) groups is 3. The predicted molar refractivity (Wildman–Crippen MR) is 156 cm³/mol. The Bertz CT molecular complexity index is 1150. The van der Waals surface area contributed by atoms with Crippen LogP contribution in [0.4, 0.5) is 5.82 Å². The van der Waals surface area contributed by atoms with Crippen LogP contribution in [0.25, 0.3) is 0 Å². The molecule has 19 heteroatoms. The van der Waals surface area contributed by atoms with Crippen molar-refractivity contribution in [1.82, 2.24) is 36.1 Å². The van der Waals surface area contributed by atoms with E-state index in [0.717, 1.165) is 24.0 Å². The lowest BCUT2D eigenvalue weighted by Crippen LogP contribution is -2.67. The van der Waals surface area contributed by atoms with Crippen LogP contribution in [-0.4, -0.2) is 120 Å². The number of rotatable bonds is 17. The van der Waals surface area contributed by atoms with E-state index in [1.165, 1.54) is 19.3 Å². The lowest BCUT2D eigenvalue weighted by Gasteiger charge is -2.43. The zero-order valence-corrected chi connectivity index (χ0v) is 24.1. The quantitative estimate of drug-likeness (QED) is 0.0443. The first-order chi connectivity index (χ1) is 20.5. The fraction of sp³-hybridized carbons (Fsp3) is 0.667. The van der Waals surface area contributed by atoms with Crippen molar-refractivity contribution >= 4 is 29.5 Å². The van der Waals surface area contributed by atoms with Crippen molar-refractivity contribution in [3.8, 4) is 0 Å². The number of aliphatic imine (C=N–C) groups is 1. The van der Waals surface area contributed by atoms with E-state index >= 15 is 0 Å². The largest absolute Gasteiger partial charge is 0.388 e. The van der Waals surface area contributed by atoms with E-state index in [1.807, 2.05) is 0 Å². The number of hydrogen-bond donors (Lipinski definition) is 11. The Balaban J connectivity index is 2.26. The second-order valence-electron chi connectivity index (χ2n) is 9.81. The van der Waals surface area contributed by atoms with Gasteiger partial charge in [-0.1, -0.05) is 0 Å². The number of nitrogens with one attached hydrogen (secondary N) is 5. The molecule has 0 saturated carbocycles. The van der Waals surface area contributed by atoms with E-state index < -0.39 is 60.0 Å². The number of nitrogens with zero attached hydrogens (tertiary/aromatic N) is 3. The molecule has 0 bridgehead atoms. The summed E-state index contributed by atoms with van der Waals surface area (Å²) in [5.41, 5.74) is 20.9. The van der Waals surface area contributed by atoms with E-state index in [9.17, 15) is 29.4 Å². The summed E-state index contributed by atoms with van der Waals surface area (Å²) in [6, 6.07) is -1.56. The molecule has 0 aromatic carbocycles. The SMILES string of the molecule is CNCC(=O)N[C@H](CN=C(N)N)C(=O)N[C@H]1[C@H](O)[C@@H](O)[C@H](n2ccc(N)nc2=O)O[C@H]1C(=O)NCCCNCCCCN. The Morgan fingerprint density at radius 2 is 1.86 bits per heavy atom. The summed E-state index contributed by atoms with van der Waals surface area (Å²) in [5, 5.41) is 35.5. The molecule has 2 heterocycles. The maximum Gasteiger partial charge on any atom is 0.351 e. The van der Waals surface area contributed by atoms with Crippen LogP contribution in [0.1, 0.15) is 25.5 Å². The predicted octanol–water partition coefficient (Wildman–Crippen LogP) is -6.26. The topological polar surface area (TPSA) is 312 Å². The molecule has 0 spiro atoms. The maximum atomic E-state index is 13.3. The lowest BCUT2D eigenvalue weighted by molar-refractivity contribution is -0.213. The summed E-state index contributed by atoms with van der Waals surface area (Å²) in [4.78, 5) is 58.6. The molecule has 1 aromatic rings. The summed E-state index contributed by atoms with van der Waals surface area (Å²) in [6.07, 6.45) is -3.22. The molecule has 0 radical (unpaired) electrons. The average molecular weight is 613 g/mol. The smallest absolute Gasteiger partial charge is 0.351 e. The summed E-state index contributed by atoms with van der Waals surface area (Å²) in [7, 11) is 1.53. The maximum absolute atomic E-state index is 13.3. The van der Waals surface area contributed by atoms with Crippen molar-refractivity contribution < 1.29 is 29.3 Å². The van der Waals surface area contributed by atoms with Crippen LogP contribution in [0.5, 0.6) is 0 Å². The molecular formula is C24H44N12O7. The van der Waals surface area contributed by atoms with E-state index in [4.69, 9.17) is 27.7 Å². The molecule has 1 aromatic heterocycles. The third kappa shape index (κ3) is 11.0. The van der Waals surface area contributed by atoms with Crippen molar-refractivity contribution in [2.75, 3.05) is 52.0 Å². The van der Waals surface area contributed by atoms with Crippen LogP contribution in [0.2, 0.25) is 0 Å². The third-order valence-corrected chi connectivity index (χ3v) is 6.40. The minimum atomic E-state index is -1.82. The van der Waals surface area contributed by atoms with Gasteiger partial charge in [-0.3, -0.25) is 23.9 Å². The summed E-state index contributed by atoms with van der Waals surface area (Å²) in [5.74, 6) is -2.60. The van der Waals surface area contributed by atoms with E-state index in [1.54, 1.807) is 0 Å². The molecule has 0 aliphatic carbocycles. The zero-order valence-electron chi connectivity index (χ0n) is 24.1. The number of aliphatic hydroxyl groups excluding tert-OH is 2. The van der Waals surface area contributed by atoms with Gasteiger partial charge in [0.15, 0.2) is 18.3 Å². The van der Waals surface area contributed by atoms with Gasteiger partial charge in [0, 0.05) is 12.7 Å². The number of nitrogen functional groups attached to an aromatic ring is 1. The summed E-state index contributed by atoms with van der Waals surface area (Å²) in [6.45, 7) is 1.70. The van der Waals surface area contributed by atoms with Crippen molar-refractivity contribution in [2.45, 2.75) is 55.9 Å². The number of hydrogen-bond acceptors (Lipinski definition) is 13. The van der Waals surface area contributed by atoms with Gasteiger partial charge in [-0.2, -0.15) is 4.98 Å². The molecule has 6 atom stereocenters. The summed E-state index contributed by atoms with van der Waals surface area (Å²) < 4.78 is 6.69. The highest BCUT2D eigenvalue weighted by Crippen LogP contribution is 2.28. The molecule has 1 aliphatic rings. The first kappa shape index (κ1) is 35.3. The Morgan fingerprint density at radius 1 is 1.14 bits per heavy atom. The van der Waals surface area contributed by atoms with Crippen LogP contribution >= 0.6 is 0 Å². The molecule has 242 valence electrons. The van der Waals surface area contributed by atoms with Gasteiger partial charge in [-0.25, -0.2) is 4.79 Å². The van der Waals surface area contributed by atoms with Gasteiger partial charge in [-0.05, 0) is 52.0 Å². The first-order valence-electron chi connectivity index (χ1n) is 13.8. The van der Waals surface area contributed by atoms with Crippen molar-refractivity contribution in [1.29, 1.82) is 0 Å². The van der Waals surface area contributed by atoms with E-state index in [-0.39, 0.29) is 31.4 Å². The van der Waals surface area contributed by atoms with Gasteiger partial charge in [0.1, 0.15) is 24.1 Å². The number of nitrogens with two attached hydrogens (primary N) is 4. The van der Waals surface area contributed by atoms with Crippen LogP contribution in [-0.2, 0) is 19.1 Å². The van der Waals surface area contributed by atoms with Crippen molar-refractivity contribution in [3.05, 3.63) is 22.7 Å². The van der Waals surface area contributed by atoms with Gasteiger partial charge in [0.25, 0.3) is 5.91 Å². The van der Waals surface area contributed by atoms with Crippen LogP contribution < -0.4 is 55.2 Å². The second-order valence-corrected chi connectivity index (χ2v) is 9.81. The Hall–Kier alpha value is -3.88. The fourth-order valence-electron chi connectivity index (χ4n) is 4.22. The Morgan fingerprint density at radius 3 is 2.51 bits per heavy atom. The highest BCUT2D eigenvalue weighted by molar-refractivity contribution is 5.90. The van der Waals surface area contributed by atoms with Gasteiger partial charge in [0.2, 0.25) is 11.8 Å². The van der Waals surface area contributed by atoms with Crippen molar-refractivity contribution in [3.63, 3.8) is 0 Å². The molecule has 3 amide bonds. The molecular weight excluding hydrogens is 568 g/mol. The fourth-order valence-corrected chi connectivity index (χ4v) is 4.22. The monoisotopic (exact) mass is 612 g/mol. The average Bonchev–Trinajstić information content (AvgIpc) is 2.95. The molecule has 1 fully saturated rings. The van der Waals surface area contributed by atoms with Gasteiger partial charge >= 0.3 is 5.69 Å². The first-order valence-corrected chi connectivity index (χ1v) is 13.8. The Labute approximate surface area is 248 Å². The van der Waals surface area contributed by atoms with Gasteiger partial charge in [0.05, 0.1) is 19.1 Å². The van der Waals surface area contributed by atoms with Crippen LogP contribution in [0.3, 0.4) is 0 Å². The number of amides is 3. The van der Waals surface area contributed by atoms with Crippen molar-refractivity contribution in [2.24, 2.45) is 22.2 Å². The molecule has 1 aliphatic heterocycles. The number of unbranched alkanes of at least 4 members (excludes halogenated alkanes) is 1. The van der Waals surface area contributed by atoms with Crippen LogP contribution in [0.15, 0.2) is 22.1 Å². The molecule has 1 saturated heterocycles. The normalized spacial score (nSPS) is 22.3. The van der Waals surface area contributed by atoms with Gasteiger partial charge in [-0.15, -0.1) is 0 Å². The highest BCUT2D eigenvalue weighted by atomic mass is 16.5. The number of carbonyl (C=O) groups excluding carboxylic acids is 3. The molecule has 0 unspecified atom stereocenters. The molecule has 19 nitrogen and oxygen atoms in total. The standard InChI is InChI=1S/C24H44N12O7/c1-29-12-15(37)33-13(11-32-23(27)28)20(40)35-16-17(38)18(39)22(36-10-5-14(26)34-24(36)42)43-19(16)21(41)31-9-4-8-30-7-3-2-6-25/h5,10,13,16-19,22,29-30,38-39H,2-4,6-9,11-12,25H2,1H3,(H,31,41)(H,33,37)(H,35,40)(H2,26,34,42)(H4,27,28,32)/t13-,16+,17+,18-,19-,22-/m1/s1. The second kappa shape index (κ2) is 17.9. The number of aliphatic hydroxyl groups is 2. The molecule has 2 rings (SSSR count). The number of ether oxygens (including phenoxy) is 1. The zero-order chi connectivity index (χ0) is 31.9. The minimum Gasteiger partial charge on any atom is -0.388 e. The lowest BCUT2D eigenvalue weighted by atomic mass is 9.94. The molecule has 43 heavy (non-hydrogen) atoms. The van der Waals surface area contributed by atoms with E-state index in [0.29, 0.717) is 19.5 Å². The number of anilines is 1. The highest BCUT2D eigenvalue weighted by Gasteiger charge is 2.49. The Kier molecular flexibility index (Phi) is 14.7. The number of guanidine groups is 1. The minimum absolute atomic E-state index is 0.0877. The van der Waals surface area contributed by atoms with E-state index in [2.05, 4.69) is 36.6 Å². The number of likely N-dealkylation sites (N-methyl/N-ethyl adjacent to an activating group) is 1. The molecule has 15 N–H and O–H groups in total. The van der Waals surface area contributed by atoms with Crippen LogP contribution in [0, 0.1) is 0 Å². The number of aromatic nitrogens is 2. The summed E-state index contributed by atoms with van der Waals surface area (Å²) >= 11 is 0. The third-order valence-electron chi connectivity index (χ3n) is 6.40.